The molecule has 1 N–H and O–H groups in total. The van der Waals surface area contributed by atoms with Crippen LogP contribution in [0.2, 0.25) is 0 Å². The highest BCUT2D eigenvalue weighted by Gasteiger charge is 2.39. The lowest BCUT2D eigenvalue weighted by atomic mass is 9.73. The fourth-order valence-corrected chi connectivity index (χ4v) is 5.85. The van der Waals surface area contributed by atoms with Gasteiger partial charge in [-0.15, -0.1) is 35.3 Å². The molecule has 0 bridgehead atoms. The number of aliphatic imine (C=N–C) groups is 1. The number of amides is 1. The predicted molar refractivity (Wildman–Crippen MR) is 127 cm³/mol. The lowest BCUT2D eigenvalue weighted by molar-refractivity contribution is -0.130. The number of thiophene rings is 1. The molecule has 7 heteroatoms. The number of guanidine groups is 1. The van der Waals surface area contributed by atoms with E-state index in [0.29, 0.717) is 5.41 Å². The maximum absolute atomic E-state index is 12.7. The zero-order chi connectivity index (χ0) is 18.7. The number of carbonyl (C=O) groups excluding carboxylic acids is 1. The lowest BCUT2D eigenvalue weighted by Gasteiger charge is -2.33. The molecule has 1 aliphatic carbocycles. The van der Waals surface area contributed by atoms with E-state index >= 15 is 0 Å². The summed E-state index contributed by atoms with van der Waals surface area (Å²) >= 11 is 1.81. The second-order valence-electron chi connectivity index (χ2n) is 8.34. The average molecular weight is 516 g/mol. The van der Waals surface area contributed by atoms with Gasteiger partial charge in [-0.2, -0.15) is 0 Å². The zero-order valence-electron chi connectivity index (χ0n) is 16.9. The Kier molecular flexibility index (Phi) is 7.64. The summed E-state index contributed by atoms with van der Waals surface area (Å²) in [6, 6.07) is 2.15. The van der Waals surface area contributed by atoms with Crippen LogP contribution in [0.15, 0.2) is 16.4 Å². The first-order valence-electron chi connectivity index (χ1n) is 10.6. The van der Waals surface area contributed by atoms with Crippen LogP contribution in [0.1, 0.15) is 55.9 Å². The fourth-order valence-electron chi connectivity index (χ4n) is 4.96. The van der Waals surface area contributed by atoms with Crippen molar-refractivity contribution in [2.24, 2.45) is 10.4 Å². The van der Waals surface area contributed by atoms with Gasteiger partial charge in [0.2, 0.25) is 5.91 Å². The summed E-state index contributed by atoms with van der Waals surface area (Å²) in [5, 5.41) is 5.56. The van der Waals surface area contributed by atoms with Crippen molar-refractivity contribution in [1.29, 1.82) is 0 Å². The Bertz CT molecular complexity index is 698. The molecular weight excluding hydrogens is 483 g/mol. The van der Waals surface area contributed by atoms with Gasteiger partial charge in [0.25, 0.3) is 0 Å². The topological polar surface area (TPSA) is 47.9 Å². The first-order chi connectivity index (χ1) is 13.2. The van der Waals surface area contributed by atoms with Crippen LogP contribution >= 0.6 is 35.3 Å². The Morgan fingerprint density at radius 2 is 2.04 bits per heavy atom. The van der Waals surface area contributed by atoms with Crippen LogP contribution in [0.4, 0.5) is 0 Å². The second-order valence-corrected chi connectivity index (χ2v) is 9.34. The molecule has 1 amide bonds. The van der Waals surface area contributed by atoms with Gasteiger partial charge >= 0.3 is 0 Å². The summed E-state index contributed by atoms with van der Waals surface area (Å²) in [4.78, 5) is 23.3. The first kappa shape index (κ1) is 21.9. The van der Waals surface area contributed by atoms with Crippen molar-refractivity contribution < 1.29 is 4.79 Å². The number of nitrogens with one attached hydrogen (secondary N) is 1. The van der Waals surface area contributed by atoms with Gasteiger partial charge < -0.3 is 15.1 Å². The number of nitrogens with zero attached hydrogens (tertiary/aromatic N) is 3. The number of hydrogen-bond acceptors (Lipinski definition) is 3. The van der Waals surface area contributed by atoms with E-state index in [1.807, 2.05) is 16.2 Å². The lowest BCUT2D eigenvalue weighted by Crippen LogP contribution is -2.43. The van der Waals surface area contributed by atoms with Crippen molar-refractivity contribution in [3.63, 3.8) is 0 Å². The van der Waals surface area contributed by atoms with Crippen molar-refractivity contribution >= 4 is 47.2 Å². The molecular formula is C21H33IN4OS. The Balaban J connectivity index is 0.00000225. The molecule has 2 fully saturated rings. The van der Waals surface area contributed by atoms with E-state index in [4.69, 9.17) is 4.99 Å². The molecule has 28 heavy (non-hydrogen) atoms. The number of likely N-dealkylation sites (tertiary alicyclic amines) is 1. The van der Waals surface area contributed by atoms with Gasteiger partial charge in [0.1, 0.15) is 6.54 Å². The maximum atomic E-state index is 12.7. The maximum Gasteiger partial charge on any atom is 0.244 e. The minimum Gasteiger partial charge on any atom is -0.357 e. The van der Waals surface area contributed by atoms with E-state index in [0.717, 1.165) is 45.1 Å². The van der Waals surface area contributed by atoms with E-state index in [2.05, 4.69) is 28.6 Å². The predicted octanol–water partition coefficient (Wildman–Crippen LogP) is 3.87. The summed E-state index contributed by atoms with van der Waals surface area (Å²) < 4.78 is 0. The standard InChI is InChI=1S/C21H32N4OS.HI/c1-2-22-20(25-12-10-21(16-25)8-4-3-5-9-21)23-14-19(26)24-11-6-18-17(15-24)7-13-27-18;/h7,13H,2-6,8-12,14-16H2,1H3,(H,22,23);1H. The van der Waals surface area contributed by atoms with Crippen LogP contribution in [0.25, 0.3) is 0 Å². The molecule has 3 heterocycles. The van der Waals surface area contributed by atoms with Crippen LogP contribution < -0.4 is 5.32 Å². The summed E-state index contributed by atoms with van der Waals surface area (Å²) in [5.74, 6) is 1.08. The molecule has 2 aliphatic heterocycles. The molecule has 1 aromatic rings. The minimum atomic E-state index is 0. The highest BCUT2D eigenvalue weighted by Crippen LogP contribution is 2.43. The summed E-state index contributed by atoms with van der Waals surface area (Å²) in [6.45, 7) is 6.95. The summed E-state index contributed by atoms with van der Waals surface area (Å²) in [6.07, 6.45) is 9.12. The Labute approximate surface area is 190 Å². The average Bonchev–Trinajstić information content (AvgIpc) is 3.32. The zero-order valence-corrected chi connectivity index (χ0v) is 20.1. The van der Waals surface area contributed by atoms with Gasteiger partial charge in [0.15, 0.2) is 5.96 Å². The molecule has 3 aliphatic rings. The molecule has 0 atom stereocenters. The number of rotatable bonds is 3. The fraction of sp³-hybridized carbons (Fsp3) is 0.714. The van der Waals surface area contributed by atoms with Gasteiger partial charge in [0.05, 0.1) is 0 Å². The van der Waals surface area contributed by atoms with E-state index in [1.54, 1.807) is 0 Å². The smallest absolute Gasteiger partial charge is 0.244 e. The SMILES string of the molecule is CCNC(=NCC(=O)N1CCc2sccc2C1)N1CCC2(CCCCC2)C1.I. The van der Waals surface area contributed by atoms with Crippen LogP contribution in [0, 0.1) is 5.41 Å². The van der Waals surface area contributed by atoms with E-state index in [9.17, 15) is 4.79 Å². The third kappa shape index (κ3) is 4.83. The Morgan fingerprint density at radius 3 is 2.82 bits per heavy atom. The molecule has 1 aromatic heterocycles. The molecule has 0 unspecified atom stereocenters. The van der Waals surface area contributed by atoms with Crippen LogP contribution in [-0.4, -0.2) is 54.4 Å². The molecule has 5 nitrogen and oxygen atoms in total. The molecule has 156 valence electrons. The highest BCUT2D eigenvalue weighted by atomic mass is 127. The van der Waals surface area contributed by atoms with Crippen LogP contribution in [-0.2, 0) is 17.8 Å². The van der Waals surface area contributed by atoms with E-state index in [-0.39, 0.29) is 36.4 Å². The Morgan fingerprint density at radius 1 is 1.21 bits per heavy atom. The van der Waals surface area contributed by atoms with E-state index in [1.165, 1.54) is 49.0 Å². The summed E-state index contributed by atoms with van der Waals surface area (Å²) in [5.41, 5.74) is 1.81. The Hall–Kier alpha value is -0.830. The molecule has 1 saturated heterocycles. The number of fused-ring (bicyclic) bond motifs is 1. The molecule has 1 spiro atoms. The molecule has 0 radical (unpaired) electrons. The van der Waals surface area contributed by atoms with Crippen molar-refractivity contribution in [1.82, 2.24) is 15.1 Å². The number of carbonyl (C=O) groups is 1. The number of hydrogen-bond donors (Lipinski definition) is 1. The highest BCUT2D eigenvalue weighted by molar-refractivity contribution is 14.0. The van der Waals surface area contributed by atoms with Gasteiger partial charge in [-0.05, 0) is 55.0 Å². The van der Waals surface area contributed by atoms with Crippen LogP contribution in [0.5, 0.6) is 0 Å². The quantitative estimate of drug-likeness (QED) is 0.377. The van der Waals surface area contributed by atoms with E-state index < -0.39 is 0 Å². The van der Waals surface area contributed by atoms with Gasteiger partial charge in [-0.3, -0.25) is 4.79 Å². The summed E-state index contributed by atoms with van der Waals surface area (Å²) in [7, 11) is 0. The van der Waals surface area contributed by atoms with Crippen molar-refractivity contribution in [2.45, 2.75) is 58.4 Å². The van der Waals surface area contributed by atoms with Gasteiger partial charge in [-0.25, -0.2) is 4.99 Å². The molecule has 0 aromatic carbocycles. The normalized spacial score (nSPS) is 21.4. The van der Waals surface area contributed by atoms with Gasteiger partial charge in [-0.1, -0.05) is 19.3 Å². The van der Waals surface area contributed by atoms with Crippen molar-refractivity contribution in [3.8, 4) is 0 Å². The molecule has 4 rings (SSSR count). The first-order valence-corrected chi connectivity index (χ1v) is 11.4. The number of halogens is 1. The molecule has 1 saturated carbocycles. The van der Waals surface area contributed by atoms with Crippen molar-refractivity contribution in [2.75, 3.05) is 32.7 Å². The third-order valence-corrected chi connectivity index (χ3v) is 7.53. The minimum absolute atomic E-state index is 0. The monoisotopic (exact) mass is 516 g/mol. The van der Waals surface area contributed by atoms with Crippen molar-refractivity contribution in [3.05, 3.63) is 21.9 Å². The largest absolute Gasteiger partial charge is 0.357 e. The van der Waals surface area contributed by atoms with Gasteiger partial charge in [0, 0.05) is 37.6 Å². The third-order valence-electron chi connectivity index (χ3n) is 6.51. The second kappa shape index (κ2) is 9.78. The van der Waals surface area contributed by atoms with Crippen LogP contribution in [0.3, 0.4) is 0 Å².